The van der Waals surface area contributed by atoms with Gasteiger partial charge in [0.2, 0.25) is 0 Å². The van der Waals surface area contributed by atoms with Crippen LogP contribution in [0.5, 0.6) is 0 Å². The minimum Gasteiger partial charge on any atom is -0.302 e. The molecule has 0 saturated heterocycles. The Kier molecular flexibility index (Phi) is 4.51. The topological polar surface area (TPSA) is 44.1 Å². The molecular weight excluding hydrogens is 128 g/mol. The summed E-state index contributed by atoms with van der Waals surface area (Å²) in [6.45, 7) is 0.446. The van der Waals surface area contributed by atoms with Crippen LogP contribution in [0, 0.1) is 11.3 Å². The van der Waals surface area contributed by atoms with Gasteiger partial charge < -0.3 is 4.90 Å². The van der Waals surface area contributed by atoms with Crippen LogP contribution in [0.4, 0.5) is 0 Å². The molecular formula is C7H12N2O. The van der Waals surface area contributed by atoms with Crippen LogP contribution in [0.15, 0.2) is 0 Å². The van der Waals surface area contributed by atoms with E-state index in [1.807, 2.05) is 20.2 Å². The molecule has 0 spiro atoms. The lowest BCUT2D eigenvalue weighted by Crippen LogP contribution is -2.21. The number of carbonyl (C=O) groups excluding carboxylic acids is 1. The fourth-order valence-electron chi connectivity index (χ4n) is 0.627. The van der Waals surface area contributed by atoms with E-state index in [1.54, 1.807) is 4.90 Å². The predicted octanol–water partition coefficient (Wildman–Crippen LogP) is 0.421. The maximum atomic E-state index is 10.8. The van der Waals surface area contributed by atoms with Gasteiger partial charge in [0.1, 0.15) is 5.78 Å². The number of rotatable bonds is 4. The molecule has 0 aliphatic carbocycles. The van der Waals surface area contributed by atoms with Crippen molar-refractivity contribution in [3.05, 3.63) is 0 Å². The van der Waals surface area contributed by atoms with Crippen LogP contribution in [-0.4, -0.2) is 31.3 Å². The molecule has 0 aliphatic heterocycles. The molecule has 0 N–H and O–H groups in total. The Morgan fingerprint density at radius 1 is 1.60 bits per heavy atom. The Morgan fingerprint density at radius 2 is 2.20 bits per heavy atom. The summed E-state index contributed by atoms with van der Waals surface area (Å²) in [6, 6.07) is 1.93. The van der Waals surface area contributed by atoms with Gasteiger partial charge in [-0.25, -0.2) is 0 Å². The lowest BCUT2D eigenvalue weighted by molar-refractivity contribution is -0.119. The smallest absolute Gasteiger partial charge is 0.147 e. The second kappa shape index (κ2) is 4.95. The first-order valence-electron chi connectivity index (χ1n) is 3.20. The fourth-order valence-corrected chi connectivity index (χ4v) is 0.627. The number of ketones is 1. The van der Waals surface area contributed by atoms with Crippen molar-refractivity contribution in [3.8, 4) is 6.07 Å². The average molecular weight is 140 g/mol. The Bertz CT molecular complexity index is 146. The molecule has 10 heavy (non-hydrogen) atoms. The lowest BCUT2D eigenvalue weighted by atomic mass is 10.2. The van der Waals surface area contributed by atoms with E-state index >= 15 is 0 Å². The highest BCUT2D eigenvalue weighted by Crippen LogP contribution is 1.89. The van der Waals surface area contributed by atoms with E-state index in [0.29, 0.717) is 19.4 Å². The highest BCUT2D eigenvalue weighted by molar-refractivity contribution is 5.80. The van der Waals surface area contributed by atoms with Gasteiger partial charge in [0.25, 0.3) is 0 Å². The molecule has 56 valence electrons. The summed E-state index contributed by atoms with van der Waals surface area (Å²) in [5.41, 5.74) is 0. The van der Waals surface area contributed by atoms with E-state index in [1.165, 1.54) is 0 Å². The Hall–Kier alpha value is -0.880. The summed E-state index contributed by atoms with van der Waals surface area (Å²) < 4.78 is 0. The van der Waals surface area contributed by atoms with Gasteiger partial charge in [-0.3, -0.25) is 4.79 Å². The van der Waals surface area contributed by atoms with Gasteiger partial charge in [0.15, 0.2) is 0 Å². The fraction of sp³-hybridized carbons (Fsp3) is 0.714. The van der Waals surface area contributed by atoms with Crippen LogP contribution in [0.3, 0.4) is 0 Å². The highest BCUT2D eigenvalue weighted by Gasteiger charge is 2.01. The molecule has 0 amide bonds. The van der Waals surface area contributed by atoms with Crippen molar-refractivity contribution in [2.24, 2.45) is 0 Å². The Labute approximate surface area is 61.2 Å². The van der Waals surface area contributed by atoms with Crippen LogP contribution < -0.4 is 0 Å². The maximum Gasteiger partial charge on any atom is 0.147 e. The highest BCUT2D eigenvalue weighted by atomic mass is 16.1. The van der Waals surface area contributed by atoms with Crippen LogP contribution in [0.2, 0.25) is 0 Å². The number of nitriles is 1. The maximum absolute atomic E-state index is 10.8. The summed E-state index contributed by atoms with van der Waals surface area (Å²) in [4.78, 5) is 12.6. The van der Waals surface area contributed by atoms with E-state index in [9.17, 15) is 4.79 Å². The van der Waals surface area contributed by atoms with E-state index in [0.717, 1.165) is 0 Å². The van der Waals surface area contributed by atoms with Crippen molar-refractivity contribution in [2.75, 3.05) is 20.6 Å². The number of hydrogen-bond donors (Lipinski definition) is 0. The van der Waals surface area contributed by atoms with E-state index in [4.69, 9.17) is 5.26 Å². The van der Waals surface area contributed by atoms with Gasteiger partial charge in [-0.2, -0.15) is 5.26 Å². The summed E-state index contributed by atoms with van der Waals surface area (Å²) in [6.07, 6.45) is 0.724. The van der Waals surface area contributed by atoms with Gasteiger partial charge in [-0.15, -0.1) is 0 Å². The summed E-state index contributed by atoms with van der Waals surface area (Å²) in [5, 5.41) is 8.13. The SMILES string of the molecule is CN(C)CC(=O)CCC#N. The zero-order chi connectivity index (χ0) is 7.98. The van der Waals surface area contributed by atoms with Crippen molar-refractivity contribution in [2.45, 2.75) is 12.8 Å². The molecule has 0 aliphatic rings. The molecule has 0 rings (SSSR count). The van der Waals surface area contributed by atoms with Gasteiger partial charge >= 0.3 is 0 Å². The monoisotopic (exact) mass is 140 g/mol. The molecule has 0 saturated carbocycles. The zero-order valence-electron chi connectivity index (χ0n) is 6.42. The number of hydrogen-bond acceptors (Lipinski definition) is 3. The van der Waals surface area contributed by atoms with Gasteiger partial charge in [-0.05, 0) is 14.1 Å². The quantitative estimate of drug-likeness (QED) is 0.568. The second-order valence-electron chi connectivity index (χ2n) is 2.43. The van der Waals surface area contributed by atoms with Crippen LogP contribution in [-0.2, 0) is 4.79 Å². The third-order valence-electron chi connectivity index (χ3n) is 1.01. The van der Waals surface area contributed by atoms with E-state index < -0.39 is 0 Å². The summed E-state index contributed by atoms with van der Waals surface area (Å²) >= 11 is 0. The molecule has 3 nitrogen and oxygen atoms in total. The largest absolute Gasteiger partial charge is 0.302 e. The average Bonchev–Trinajstić information content (AvgIpc) is 1.82. The molecule has 0 unspecified atom stereocenters. The van der Waals surface area contributed by atoms with Crippen LogP contribution in [0.1, 0.15) is 12.8 Å². The van der Waals surface area contributed by atoms with Crippen molar-refractivity contribution in [1.82, 2.24) is 4.90 Å². The first-order valence-corrected chi connectivity index (χ1v) is 3.20. The normalized spacial score (nSPS) is 9.40. The molecule has 0 aromatic carbocycles. The van der Waals surface area contributed by atoms with Crippen LogP contribution >= 0.6 is 0 Å². The Morgan fingerprint density at radius 3 is 2.60 bits per heavy atom. The predicted molar refractivity (Wildman–Crippen MR) is 38.4 cm³/mol. The molecule has 0 heterocycles. The molecule has 0 aromatic rings. The third-order valence-corrected chi connectivity index (χ3v) is 1.01. The van der Waals surface area contributed by atoms with E-state index in [-0.39, 0.29) is 5.78 Å². The van der Waals surface area contributed by atoms with Crippen LogP contribution in [0.25, 0.3) is 0 Å². The number of carbonyl (C=O) groups is 1. The van der Waals surface area contributed by atoms with E-state index in [2.05, 4.69) is 0 Å². The van der Waals surface area contributed by atoms with Gasteiger partial charge in [-0.1, -0.05) is 0 Å². The molecule has 0 fully saturated rings. The standard InChI is InChI=1S/C7H12N2O/c1-9(2)6-7(10)4-3-5-8/h3-4,6H2,1-2H3. The Balaban J connectivity index is 3.37. The summed E-state index contributed by atoms with van der Waals surface area (Å²) in [7, 11) is 3.68. The first kappa shape index (κ1) is 9.12. The molecule has 0 bridgehead atoms. The van der Waals surface area contributed by atoms with Crippen molar-refractivity contribution >= 4 is 5.78 Å². The second-order valence-corrected chi connectivity index (χ2v) is 2.43. The minimum absolute atomic E-state index is 0.131. The molecule has 0 aromatic heterocycles. The van der Waals surface area contributed by atoms with Crippen molar-refractivity contribution in [3.63, 3.8) is 0 Å². The summed E-state index contributed by atoms with van der Waals surface area (Å²) in [5.74, 6) is 0.131. The third kappa shape index (κ3) is 5.26. The number of likely N-dealkylation sites (N-methyl/N-ethyl adjacent to an activating group) is 1. The molecule has 0 atom stereocenters. The van der Waals surface area contributed by atoms with Crippen molar-refractivity contribution in [1.29, 1.82) is 5.26 Å². The first-order chi connectivity index (χ1) is 4.66. The van der Waals surface area contributed by atoms with Crippen molar-refractivity contribution < 1.29 is 4.79 Å². The minimum atomic E-state index is 0.131. The number of Topliss-reactive ketones (excluding diaryl/α,β-unsaturated/α-hetero) is 1. The molecule has 0 radical (unpaired) electrons. The number of nitrogens with zero attached hydrogens (tertiary/aromatic N) is 2. The van der Waals surface area contributed by atoms with Gasteiger partial charge in [0.05, 0.1) is 12.6 Å². The van der Waals surface area contributed by atoms with Gasteiger partial charge in [0, 0.05) is 12.8 Å². The molecule has 3 heteroatoms. The zero-order valence-corrected chi connectivity index (χ0v) is 6.42. The lowest BCUT2D eigenvalue weighted by Gasteiger charge is -2.05.